The maximum atomic E-state index is 12.9. The summed E-state index contributed by atoms with van der Waals surface area (Å²) in [6, 6.07) is 12.0. The van der Waals surface area contributed by atoms with Crippen molar-refractivity contribution in [3.05, 3.63) is 71.1 Å². The summed E-state index contributed by atoms with van der Waals surface area (Å²) in [6.07, 6.45) is 3.10. The van der Waals surface area contributed by atoms with Gasteiger partial charge in [-0.15, -0.1) is 0 Å². The lowest BCUT2D eigenvalue weighted by Crippen LogP contribution is -2.26. The summed E-state index contributed by atoms with van der Waals surface area (Å²) in [5, 5.41) is 3.86. The van der Waals surface area contributed by atoms with Gasteiger partial charge >= 0.3 is 0 Å². The minimum Gasteiger partial charge on any atom is -0.322 e. The lowest BCUT2D eigenvalue weighted by molar-refractivity contribution is 0.0987. The largest absolute Gasteiger partial charge is 0.322 e. The number of carbonyl (C=O) groups excluding carboxylic acids is 2. The van der Waals surface area contributed by atoms with Gasteiger partial charge in [-0.1, -0.05) is 23.4 Å². The number of nitrogens with zero attached hydrogens (tertiary/aromatic N) is 3. The van der Waals surface area contributed by atoms with Gasteiger partial charge in [-0.2, -0.15) is 0 Å². The van der Waals surface area contributed by atoms with E-state index in [1.165, 1.54) is 18.0 Å². The van der Waals surface area contributed by atoms with Crippen molar-refractivity contribution in [2.45, 2.75) is 9.92 Å². The summed E-state index contributed by atoms with van der Waals surface area (Å²) in [5.41, 5.74) is 2.16. The first kappa shape index (κ1) is 17.5. The van der Waals surface area contributed by atoms with E-state index in [1.807, 2.05) is 12.1 Å². The third kappa shape index (κ3) is 3.39. The Labute approximate surface area is 164 Å². The lowest BCUT2D eigenvalue weighted by atomic mass is 10.1. The highest BCUT2D eigenvalue weighted by Crippen LogP contribution is 2.40. The monoisotopic (exact) mass is 396 g/mol. The van der Waals surface area contributed by atoms with E-state index in [0.29, 0.717) is 22.0 Å². The molecule has 0 fully saturated rings. The van der Waals surface area contributed by atoms with E-state index in [0.717, 1.165) is 15.6 Å². The Morgan fingerprint density at radius 3 is 2.81 bits per heavy atom. The molecule has 134 valence electrons. The molecule has 3 heterocycles. The molecule has 0 aliphatic carbocycles. The van der Waals surface area contributed by atoms with E-state index in [4.69, 9.17) is 11.6 Å². The summed E-state index contributed by atoms with van der Waals surface area (Å²) >= 11 is 7.17. The van der Waals surface area contributed by atoms with Crippen molar-refractivity contribution in [3.8, 4) is 0 Å². The molecule has 6 nitrogen and oxygen atoms in total. The molecule has 0 saturated heterocycles. The molecule has 3 aromatic rings. The van der Waals surface area contributed by atoms with Gasteiger partial charge in [-0.05, 0) is 42.5 Å². The van der Waals surface area contributed by atoms with Gasteiger partial charge in [0.2, 0.25) is 0 Å². The van der Waals surface area contributed by atoms with E-state index in [-0.39, 0.29) is 11.8 Å². The smallest absolute Gasteiger partial charge is 0.259 e. The first-order valence-electron chi connectivity index (χ1n) is 8.01. The Bertz CT molecular complexity index is 1060. The molecule has 0 spiro atoms. The first-order valence-corrected chi connectivity index (χ1v) is 9.20. The molecule has 4 rings (SSSR count). The fraction of sp³-hybridized carbons (Fsp3) is 0.0526. The molecule has 1 aliphatic heterocycles. The van der Waals surface area contributed by atoms with Gasteiger partial charge in [0.1, 0.15) is 10.2 Å². The van der Waals surface area contributed by atoms with Crippen LogP contribution in [0.1, 0.15) is 20.7 Å². The molecule has 1 aliphatic rings. The molecule has 0 radical (unpaired) electrons. The fourth-order valence-corrected chi connectivity index (χ4v) is 3.82. The summed E-state index contributed by atoms with van der Waals surface area (Å²) in [6.45, 7) is 0. The number of nitrogens with one attached hydrogen (secondary N) is 1. The van der Waals surface area contributed by atoms with Gasteiger partial charge in [0.05, 0.1) is 16.8 Å². The Kier molecular flexibility index (Phi) is 4.55. The van der Waals surface area contributed by atoms with Crippen molar-refractivity contribution in [3.63, 3.8) is 0 Å². The Morgan fingerprint density at radius 1 is 1.19 bits per heavy atom. The predicted molar refractivity (Wildman–Crippen MR) is 105 cm³/mol. The molecular formula is C19H13ClN4O2S. The number of anilines is 2. The number of hydrogen-bond acceptors (Lipinski definition) is 5. The van der Waals surface area contributed by atoms with E-state index < -0.39 is 0 Å². The van der Waals surface area contributed by atoms with Crippen molar-refractivity contribution >= 4 is 46.6 Å². The van der Waals surface area contributed by atoms with Gasteiger partial charge < -0.3 is 10.2 Å². The molecule has 0 unspecified atom stereocenters. The van der Waals surface area contributed by atoms with Crippen molar-refractivity contribution in [1.29, 1.82) is 0 Å². The maximum Gasteiger partial charge on any atom is 0.259 e. The predicted octanol–water partition coefficient (Wildman–Crippen LogP) is 4.12. The fourth-order valence-electron chi connectivity index (χ4n) is 2.69. The zero-order valence-corrected chi connectivity index (χ0v) is 15.7. The van der Waals surface area contributed by atoms with Gasteiger partial charge in [-0.25, -0.2) is 9.97 Å². The van der Waals surface area contributed by atoms with Gasteiger partial charge in [0.15, 0.2) is 0 Å². The summed E-state index contributed by atoms with van der Waals surface area (Å²) in [7, 11) is 1.71. The molecular weight excluding hydrogens is 384 g/mol. The second-order valence-electron chi connectivity index (χ2n) is 5.83. The summed E-state index contributed by atoms with van der Waals surface area (Å²) < 4.78 is 0. The number of fused-ring (bicyclic) bond motifs is 2. The second kappa shape index (κ2) is 7.02. The van der Waals surface area contributed by atoms with Crippen LogP contribution in [-0.2, 0) is 0 Å². The Hall–Kier alpha value is -2.90. The molecule has 27 heavy (non-hydrogen) atoms. The SMILES string of the molecule is CN1C(=O)c2cc(NC(=O)c3ccc(Cl)nc3)ccc2Sc2ncccc21. The molecule has 1 aromatic carbocycles. The average molecular weight is 397 g/mol. The molecule has 0 atom stereocenters. The van der Waals surface area contributed by atoms with Gasteiger partial charge in [-0.3, -0.25) is 9.59 Å². The third-order valence-corrected chi connectivity index (χ3v) is 5.39. The minimum absolute atomic E-state index is 0.159. The van der Waals surface area contributed by atoms with Crippen LogP contribution in [0.2, 0.25) is 5.15 Å². The van der Waals surface area contributed by atoms with Gasteiger partial charge in [0, 0.05) is 30.0 Å². The van der Waals surface area contributed by atoms with Crippen molar-refractivity contribution < 1.29 is 9.59 Å². The van der Waals surface area contributed by atoms with Crippen LogP contribution in [0.15, 0.2) is 64.8 Å². The highest BCUT2D eigenvalue weighted by Gasteiger charge is 2.25. The number of amides is 2. The van der Waals surface area contributed by atoms with Crippen molar-refractivity contribution in [1.82, 2.24) is 9.97 Å². The first-order chi connectivity index (χ1) is 13.0. The molecule has 2 aromatic heterocycles. The van der Waals surface area contributed by atoms with Crippen LogP contribution < -0.4 is 10.2 Å². The average Bonchev–Trinajstić information content (AvgIpc) is 2.78. The number of benzene rings is 1. The topological polar surface area (TPSA) is 75.2 Å². The van der Waals surface area contributed by atoms with Crippen LogP contribution in [0.4, 0.5) is 11.4 Å². The Balaban J connectivity index is 1.65. The van der Waals surface area contributed by atoms with Crippen LogP contribution >= 0.6 is 23.4 Å². The zero-order valence-electron chi connectivity index (χ0n) is 14.1. The zero-order chi connectivity index (χ0) is 19.0. The number of pyridine rings is 2. The molecule has 0 bridgehead atoms. The van der Waals surface area contributed by atoms with E-state index in [9.17, 15) is 9.59 Å². The number of aromatic nitrogens is 2. The van der Waals surface area contributed by atoms with Gasteiger partial charge in [0.25, 0.3) is 11.8 Å². The van der Waals surface area contributed by atoms with Crippen LogP contribution in [0.5, 0.6) is 0 Å². The quantitative estimate of drug-likeness (QED) is 0.659. The highest BCUT2D eigenvalue weighted by molar-refractivity contribution is 7.99. The van der Waals surface area contributed by atoms with Crippen LogP contribution in [-0.4, -0.2) is 28.8 Å². The molecule has 1 N–H and O–H groups in total. The van der Waals surface area contributed by atoms with Crippen molar-refractivity contribution in [2.24, 2.45) is 0 Å². The van der Waals surface area contributed by atoms with E-state index in [1.54, 1.807) is 48.5 Å². The van der Waals surface area contributed by atoms with Crippen LogP contribution in [0.3, 0.4) is 0 Å². The van der Waals surface area contributed by atoms with Crippen LogP contribution in [0, 0.1) is 0 Å². The summed E-state index contributed by atoms with van der Waals surface area (Å²) in [5.74, 6) is -0.486. The minimum atomic E-state index is -0.328. The molecule has 0 saturated carbocycles. The maximum absolute atomic E-state index is 12.9. The Morgan fingerprint density at radius 2 is 2.04 bits per heavy atom. The number of halogens is 1. The normalized spacial score (nSPS) is 12.8. The summed E-state index contributed by atoms with van der Waals surface area (Å²) in [4.78, 5) is 35.9. The second-order valence-corrected chi connectivity index (χ2v) is 7.25. The molecule has 8 heteroatoms. The third-order valence-electron chi connectivity index (χ3n) is 4.08. The molecule has 2 amide bonds. The van der Waals surface area contributed by atoms with E-state index in [2.05, 4.69) is 15.3 Å². The van der Waals surface area contributed by atoms with Crippen molar-refractivity contribution in [2.75, 3.05) is 17.3 Å². The lowest BCUT2D eigenvalue weighted by Gasteiger charge is -2.16. The van der Waals surface area contributed by atoms with Crippen LogP contribution in [0.25, 0.3) is 0 Å². The number of hydrogen-bond donors (Lipinski definition) is 1. The number of carbonyl (C=O) groups is 2. The van der Waals surface area contributed by atoms with E-state index >= 15 is 0 Å². The number of rotatable bonds is 2. The standard InChI is InChI=1S/C19H13ClN4O2S/c1-24-14-3-2-8-21-18(14)27-15-6-5-12(9-13(15)19(24)26)23-17(25)11-4-7-16(20)22-10-11/h2-10H,1H3,(H,23,25). The highest BCUT2D eigenvalue weighted by atomic mass is 35.5.